The molecule has 0 saturated heterocycles. The van der Waals surface area contributed by atoms with Crippen LogP contribution in [-0.2, 0) is 20.1 Å². The molecule has 2 aliphatic carbocycles. The molecule has 0 heterocycles. The Morgan fingerprint density at radius 2 is 0.595 bits per heavy atom. The molecule has 0 amide bonds. The van der Waals surface area contributed by atoms with Gasteiger partial charge in [-0.3, -0.25) is 0 Å². The van der Waals surface area contributed by atoms with E-state index in [2.05, 4.69) is 158 Å². The molecular weight excluding hydrogens is 734 g/mol. The molecular formula is C38H28Cl2HfSi. The summed E-state index contributed by atoms with van der Waals surface area (Å²) in [6.45, 7) is 0. The fraction of sp³-hybridized carbons (Fsp3) is 0.0526. The second-order valence-corrected chi connectivity index (χ2v) is 30.2. The molecule has 0 saturated carbocycles. The standard InChI is InChI=1S/2C13H9.C12H10Si.2ClH.Hf/c2*1-3-7-12-10(5-1)9-11-6-2-4-8-13(11)12;1-3-7-11(8-4-1)13-12-9-5-2-6-10-12;;;/h2*1-9H;1-10H;2*1H;/q;;;;;+2/p-2. The van der Waals surface area contributed by atoms with Crippen molar-refractivity contribution < 1.29 is 44.9 Å². The van der Waals surface area contributed by atoms with Gasteiger partial charge >= 0.3 is 246 Å². The maximum absolute atomic E-state index is 2.88. The van der Waals surface area contributed by atoms with Gasteiger partial charge in [0.25, 0.3) is 0 Å². The second kappa shape index (κ2) is 12.3. The van der Waals surface area contributed by atoms with Crippen LogP contribution in [0.4, 0.5) is 0 Å². The van der Waals surface area contributed by atoms with E-state index in [9.17, 15) is 0 Å². The van der Waals surface area contributed by atoms with Crippen LogP contribution >= 0.6 is 0 Å². The monoisotopic (exact) mass is 762 g/mol. The van der Waals surface area contributed by atoms with E-state index in [0.29, 0.717) is 7.35 Å². The van der Waals surface area contributed by atoms with Gasteiger partial charge in [-0.1, -0.05) is 0 Å². The Morgan fingerprint density at radius 3 is 0.905 bits per heavy atom. The van der Waals surface area contributed by atoms with Crippen molar-refractivity contribution in [2.75, 3.05) is 0 Å². The average Bonchev–Trinajstić information content (AvgIpc) is 3.54. The molecule has 0 spiro atoms. The van der Waals surface area contributed by atoms with Crippen LogP contribution in [-0.4, -0.2) is 5.49 Å². The molecule has 0 aliphatic heterocycles. The first kappa shape index (κ1) is 29.1. The summed E-state index contributed by atoms with van der Waals surface area (Å²) >= 11 is -2.88. The van der Waals surface area contributed by atoms with Gasteiger partial charge in [-0.2, -0.15) is 0 Å². The molecule has 0 radical (unpaired) electrons. The van der Waals surface area contributed by atoms with Crippen LogP contribution in [0.15, 0.2) is 158 Å². The zero-order valence-corrected chi connectivity index (χ0v) is 29.0. The van der Waals surface area contributed by atoms with Crippen LogP contribution in [0.25, 0.3) is 22.3 Å². The van der Waals surface area contributed by atoms with Crippen molar-refractivity contribution in [3.63, 3.8) is 0 Å². The van der Waals surface area contributed by atoms with Gasteiger partial charge in [-0.25, -0.2) is 0 Å². The molecule has 0 N–H and O–H groups in total. The van der Waals surface area contributed by atoms with E-state index >= 15 is 0 Å². The molecule has 0 atom stereocenters. The summed E-state index contributed by atoms with van der Waals surface area (Å²) in [5.41, 5.74) is 11.0. The summed E-state index contributed by atoms with van der Waals surface area (Å²) in [5.74, 6) is 0. The number of rotatable bonds is 4. The zero-order valence-electron chi connectivity index (χ0n) is 22.9. The molecule has 0 unspecified atom stereocenters. The van der Waals surface area contributed by atoms with E-state index in [1.165, 1.54) is 22.3 Å². The SMILES string of the molecule is [Cl-].[Cl-].c1ccc([Si](c2ccccc2)=[Hf+2]([CH]2c3ccccc3-c3ccccc32)[CH]2c3ccccc3-c3ccccc32)cc1. The topological polar surface area (TPSA) is 0 Å². The molecule has 6 aromatic rings. The molecule has 42 heavy (non-hydrogen) atoms. The van der Waals surface area contributed by atoms with Gasteiger partial charge in [0.05, 0.1) is 0 Å². The first-order chi connectivity index (χ1) is 19.9. The van der Waals surface area contributed by atoms with Crippen molar-refractivity contribution in [1.29, 1.82) is 0 Å². The third kappa shape index (κ3) is 4.70. The van der Waals surface area contributed by atoms with Crippen LogP contribution in [0.2, 0.25) is 0 Å². The number of halogens is 2. The van der Waals surface area contributed by atoms with Crippen molar-refractivity contribution in [3.05, 3.63) is 180 Å². The minimum absolute atomic E-state index is 0. The first-order valence-corrected chi connectivity index (χ1v) is 25.2. The van der Waals surface area contributed by atoms with Crippen LogP contribution in [0.1, 0.15) is 29.6 Å². The van der Waals surface area contributed by atoms with Crippen molar-refractivity contribution in [3.8, 4) is 22.3 Å². The molecule has 0 aromatic heterocycles. The molecule has 2 aliphatic rings. The Bertz CT molecular complexity index is 1690. The van der Waals surface area contributed by atoms with Gasteiger partial charge in [0.2, 0.25) is 0 Å². The molecule has 0 fully saturated rings. The summed E-state index contributed by atoms with van der Waals surface area (Å²) in [6, 6.07) is 60.4. The molecule has 8 rings (SSSR count). The Hall–Kier alpha value is -3.01. The quantitative estimate of drug-likeness (QED) is 0.242. The van der Waals surface area contributed by atoms with E-state index in [1.54, 1.807) is 32.6 Å². The van der Waals surface area contributed by atoms with Gasteiger partial charge in [0.1, 0.15) is 0 Å². The Kier molecular flexibility index (Phi) is 8.52. The van der Waals surface area contributed by atoms with Gasteiger partial charge in [0, 0.05) is 0 Å². The normalized spacial score (nSPS) is 12.5. The zero-order chi connectivity index (χ0) is 26.5. The maximum atomic E-state index is 2.45. The fourth-order valence-electron chi connectivity index (χ4n) is 7.15. The minimum atomic E-state index is -2.88. The summed E-state index contributed by atoms with van der Waals surface area (Å²) in [4.78, 5) is 0. The third-order valence-corrected chi connectivity index (χ3v) is 37.2. The molecule has 0 nitrogen and oxygen atoms in total. The Labute approximate surface area is 268 Å². The molecule has 0 bridgehead atoms. The van der Waals surface area contributed by atoms with Crippen LogP contribution in [0.5, 0.6) is 0 Å². The van der Waals surface area contributed by atoms with Gasteiger partial charge in [-0.05, 0) is 0 Å². The van der Waals surface area contributed by atoms with Gasteiger partial charge in [0.15, 0.2) is 0 Å². The third-order valence-electron chi connectivity index (χ3n) is 8.70. The molecule has 4 heteroatoms. The Morgan fingerprint density at radius 1 is 0.333 bits per heavy atom. The summed E-state index contributed by atoms with van der Waals surface area (Å²) in [6.07, 6.45) is 0. The summed E-state index contributed by atoms with van der Waals surface area (Å²) in [7, 11) is 0. The fourth-order valence-corrected chi connectivity index (χ4v) is 41.5. The van der Waals surface area contributed by atoms with E-state index in [4.69, 9.17) is 0 Å². The van der Waals surface area contributed by atoms with Gasteiger partial charge in [-0.15, -0.1) is 0 Å². The predicted molar refractivity (Wildman–Crippen MR) is 165 cm³/mol. The molecule has 6 aromatic carbocycles. The van der Waals surface area contributed by atoms with Crippen molar-refractivity contribution in [2.24, 2.45) is 0 Å². The van der Waals surface area contributed by atoms with Crippen LogP contribution in [0.3, 0.4) is 0 Å². The summed E-state index contributed by atoms with van der Waals surface area (Å²) < 4.78 is 1.02. The van der Waals surface area contributed by atoms with Gasteiger partial charge < -0.3 is 24.8 Å². The number of hydrogen-bond donors (Lipinski definition) is 0. The number of benzene rings is 6. The van der Waals surface area contributed by atoms with Crippen molar-refractivity contribution in [1.82, 2.24) is 0 Å². The van der Waals surface area contributed by atoms with Crippen LogP contribution < -0.4 is 35.2 Å². The number of hydrogen-bond acceptors (Lipinski definition) is 0. The summed E-state index contributed by atoms with van der Waals surface area (Å²) in [5, 5.41) is 3.15. The number of fused-ring (bicyclic) bond motifs is 6. The van der Waals surface area contributed by atoms with E-state index < -0.39 is 25.6 Å². The van der Waals surface area contributed by atoms with Crippen LogP contribution in [0, 0.1) is 0 Å². The van der Waals surface area contributed by atoms with Crippen molar-refractivity contribution in [2.45, 2.75) is 7.35 Å². The first-order valence-electron chi connectivity index (χ1n) is 14.1. The van der Waals surface area contributed by atoms with E-state index in [0.717, 1.165) is 0 Å². The van der Waals surface area contributed by atoms with Crippen molar-refractivity contribution >= 4 is 15.9 Å². The van der Waals surface area contributed by atoms with E-state index in [1.807, 2.05) is 0 Å². The van der Waals surface area contributed by atoms with E-state index in [-0.39, 0.29) is 24.8 Å². The predicted octanol–water partition coefficient (Wildman–Crippen LogP) is 1.96. The second-order valence-electron chi connectivity index (χ2n) is 10.8. The molecule has 202 valence electrons. The average molecular weight is 762 g/mol. The Balaban J connectivity index is 0.00000158.